The van der Waals surface area contributed by atoms with Crippen molar-refractivity contribution in [3.05, 3.63) is 127 Å². The maximum Gasteiger partial charge on any atom is 0.235 e. The summed E-state index contributed by atoms with van der Waals surface area (Å²) in [6.07, 6.45) is 0. The van der Waals surface area contributed by atoms with Crippen LogP contribution in [0.3, 0.4) is 0 Å². The first-order valence-electron chi connectivity index (χ1n) is 13.1. The van der Waals surface area contributed by atoms with Crippen molar-refractivity contribution in [2.75, 3.05) is 0 Å². The van der Waals surface area contributed by atoms with E-state index in [1.54, 1.807) is 11.3 Å². The lowest BCUT2D eigenvalue weighted by molar-refractivity contribution is 0.996. The number of fused-ring (bicyclic) bond motifs is 6. The van der Waals surface area contributed by atoms with E-state index >= 15 is 0 Å². The number of nitrogens with zero attached hydrogens (tertiary/aromatic N) is 4. The second-order valence-electron chi connectivity index (χ2n) is 9.81. The lowest BCUT2D eigenvalue weighted by atomic mass is 10.0. The van der Waals surface area contributed by atoms with Crippen LogP contribution in [0.4, 0.5) is 0 Å². The van der Waals surface area contributed by atoms with Gasteiger partial charge in [0.2, 0.25) is 5.95 Å². The summed E-state index contributed by atoms with van der Waals surface area (Å²) in [5, 5.41) is 14.1. The molecule has 0 fully saturated rings. The molecule has 0 spiro atoms. The van der Waals surface area contributed by atoms with Gasteiger partial charge in [0.15, 0.2) is 0 Å². The number of rotatable bonds is 3. The summed E-state index contributed by atoms with van der Waals surface area (Å²) >= 11 is 1.74. The van der Waals surface area contributed by atoms with Gasteiger partial charge in [0.05, 0.1) is 34.1 Å². The second kappa shape index (κ2) is 8.88. The molecule has 0 radical (unpaired) electrons. The third kappa shape index (κ3) is 3.51. The Bertz CT molecular complexity index is 2230. The first kappa shape index (κ1) is 22.7. The molecule has 0 aliphatic rings. The van der Waals surface area contributed by atoms with Gasteiger partial charge >= 0.3 is 0 Å². The smallest absolute Gasteiger partial charge is 0.235 e. The van der Waals surface area contributed by atoms with E-state index in [1.807, 2.05) is 36.4 Å². The Morgan fingerprint density at radius 2 is 1.15 bits per heavy atom. The SMILES string of the molecule is N#Cc1ccc2sc3ccc(-c4cc(-c5ccccc5)nc(-n5c6ccccc6c6ccccc65)n4)cc3c2c1. The predicted octanol–water partition coefficient (Wildman–Crippen LogP) is 9.15. The quantitative estimate of drug-likeness (QED) is 0.230. The van der Waals surface area contributed by atoms with Crippen molar-refractivity contribution in [3.63, 3.8) is 0 Å². The van der Waals surface area contributed by atoms with E-state index < -0.39 is 0 Å². The zero-order valence-electron chi connectivity index (χ0n) is 21.2. The van der Waals surface area contributed by atoms with E-state index in [-0.39, 0.29) is 0 Å². The van der Waals surface area contributed by atoms with Crippen molar-refractivity contribution in [2.24, 2.45) is 0 Å². The third-order valence-electron chi connectivity index (χ3n) is 7.46. The van der Waals surface area contributed by atoms with Gasteiger partial charge in [0.25, 0.3) is 0 Å². The largest absolute Gasteiger partial charge is 0.278 e. The predicted molar refractivity (Wildman–Crippen MR) is 165 cm³/mol. The Kier molecular flexibility index (Phi) is 5.03. The van der Waals surface area contributed by atoms with E-state index in [0.29, 0.717) is 11.5 Å². The second-order valence-corrected chi connectivity index (χ2v) is 10.9. The molecule has 5 heteroatoms. The van der Waals surface area contributed by atoms with E-state index in [2.05, 4.69) is 95.6 Å². The number of nitriles is 1. The summed E-state index contributed by atoms with van der Waals surface area (Å²) in [6.45, 7) is 0. The lowest BCUT2D eigenvalue weighted by Gasteiger charge is -2.12. The normalized spacial score (nSPS) is 11.5. The van der Waals surface area contributed by atoms with Crippen molar-refractivity contribution < 1.29 is 0 Å². The van der Waals surface area contributed by atoms with E-state index in [0.717, 1.165) is 44.3 Å². The van der Waals surface area contributed by atoms with E-state index in [9.17, 15) is 5.26 Å². The van der Waals surface area contributed by atoms with Crippen LogP contribution in [0, 0.1) is 11.3 Å². The van der Waals surface area contributed by atoms with Crippen LogP contribution >= 0.6 is 11.3 Å². The molecule has 0 bridgehead atoms. The number of para-hydroxylation sites is 2. The van der Waals surface area contributed by atoms with Gasteiger partial charge in [-0.25, -0.2) is 9.97 Å². The van der Waals surface area contributed by atoms with Gasteiger partial charge in [0, 0.05) is 42.1 Å². The summed E-state index contributed by atoms with van der Waals surface area (Å²) in [7, 11) is 0. The minimum Gasteiger partial charge on any atom is -0.278 e. The van der Waals surface area contributed by atoms with Gasteiger partial charge in [-0.2, -0.15) is 5.26 Å². The molecular formula is C35H20N4S. The minimum absolute atomic E-state index is 0.635. The summed E-state index contributed by atoms with van der Waals surface area (Å²) in [5.74, 6) is 0.635. The fourth-order valence-corrected chi connectivity index (χ4v) is 6.65. The van der Waals surface area contributed by atoms with Gasteiger partial charge in [-0.1, -0.05) is 72.8 Å². The monoisotopic (exact) mass is 528 g/mol. The highest BCUT2D eigenvalue weighted by Crippen LogP contribution is 2.38. The van der Waals surface area contributed by atoms with Gasteiger partial charge in [0.1, 0.15) is 0 Å². The molecule has 8 rings (SSSR count). The Morgan fingerprint density at radius 3 is 1.85 bits per heavy atom. The Balaban J connectivity index is 1.42. The van der Waals surface area contributed by atoms with Crippen LogP contribution in [-0.2, 0) is 0 Å². The summed E-state index contributed by atoms with van der Waals surface area (Å²) < 4.78 is 4.52. The zero-order chi connectivity index (χ0) is 26.6. The molecule has 0 aliphatic carbocycles. The number of benzene rings is 5. The molecule has 8 aromatic rings. The topological polar surface area (TPSA) is 54.5 Å². The molecule has 40 heavy (non-hydrogen) atoms. The van der Waals surface area contributed by atoms with Gasteiger partial charge < -0.3 is 0 Å². The molecule has 0 amide bonds. The molecular weight excluding hydrogens is 508 g/mol. The maximum atomic E-state index is 9.48. The van der Waals surface area contributed by atoms with Gasteiger partial charge in [-0.05, 0) is 48.5 Å². The highest BCUT2D eigenvalue weighted by atomic mass is 32.1. The summed E-state index contributed by atoms with van der Waals surface area (Å²) in [5.41, 5.74) is 6.57. The number of aromatic nitrogens is 3. The fourth-order valence-electron chi connectivity index (χ4n) is 5.58. The van der Waals surface area contributed by atoms with E-state index in [1.165, 1.54) is 20.2 Å². The highest BCUT2D eigenvalue weighted by molar-refractivity contribution is 7.25. The first-order valence-corrected chi connectivity index (χ1v) is 13.9. The molecule has 0 unspecified atom stereocenters. The molecule has 0 saturated heterocycles. The van der Waals surface area contributed by atoms with Crippen LogP contribution in [-0.4, -0.2) is 14.5 Å². The number of hydrogen-bond acceptors (Lipinski definition) is 4. The van der Waals surface area contributed by atoms with Crippen molar-refractivity contribution in [1.82, 2.24) is 14.5 Å². The third-order valence-corrected chi connectivity index (χ3v) is 8.61. The fraction of sp³-hybridized carbons (Fsp3) is 0. The maximum absolute atomic E-state index is 9.48. The highest BCUT2D eigenvalue weighted by Gasteiger charge is 2.17. The average molecular weight is 529 g/mol. The van der Waals surface area contributed by atoms with Crippen LogP contribution in [0.5, 0.6) is 0 Å². The van der Waals surface area contributed by atoms with Crippen molar-refractivity contribution in [3.8, 4) is 34.5 Å². The molecule has 5 aromatic carbocycles. The Hall–Kier alpha value is -5.31. The molecule has 0 atom stereocenters. The van der Waals surface area contributed by atoms with Crippen LogP contribution in [0.1, 0.15) is 5.56 Å². The Labute approximate surface area is 234 Å². The van der Waals surface area contributed by atoms with E-state index in [4.69, 9.17) is 9.97 Å². The molecule has 4 nitrogen and oxygen atoms in total. The standard InChI is InChI=1S/C35H20N4S/c36-21-22-14-16-33-27(18-22)28-19-24(15-17-34(28)40-33)30-20-29(23-8-2-1-3-9-23)37-35(38-30)39-31-12-6-4-10-25(31)26-11-5-7-13-32(26)39/h1-20H. The molecule has 0 saturated carbocycles. The molecule has 0 N–H and O–H groups in total. The first-order chi connectivity index (χ1) is 19.8. The summed E-state index contributed by atoms with van der Waals surface area (Å²) in [6, 6.07) is 43.8. The van der Waals surface area contributed by atoms with Crippen LogP contribution < -0.4 is 0 Å². The zero-order valence-corrected chi connectivity index (χ0v) is 22.1. The lowest BCUT2D eigenvalue weighted by Crippen LogP contribution is -2.03. The number of thiophene rings is 1. The number of hydrogen-bond donors (Lipinski definition) is 0. The minimum atomic E-state index is 0.635. The molecule has 186 valence electrons. The molecule has 3 heterocycles. The average Bonchev–Trinajstić information content (AvgIpc) is 3.56. The van der Waals surface area contributed by atoms with Crippen LogP contribution in [0.15, 0.2) is 121 Å². The van der Waals surface area contributed by atoms with Crippen molar-refractivity contribution in [1.29, 1.82) is 5.26 Å². The summed E-state index contributed by atoms with van der Waals surface area (Å²) in [4.78, 5) is 10.3. The van der Waals surface area contributed by atoms with Crippen molar-refractivity contribution >= 4 is 53.3 Å². The molecule has 3 aromatic heterocycles. The molecule has 0 aliphatic heterocycles. The van der Waals surface area contributed by atoms with Gasteiger partial charge in [-0.3, -0.25) is 4.57 Å². The van der Waals surface area contributed by atoms with Gasteiger partial charge in [-0.15, -0.1) is 11.3 Å². The Morgan fingerprint density at radius 1 is 0.550 bits per heavy atom. The van der Waals surface area contributed by atoms with Crippen LogP contribution in [0.25, 0.3) is 70.4 Å². The van der Waals surface area contributed by atoms with Crippen LogP contribution in [0.2, 0.25) is 0 Å². The van der Waals surface area contributed by atoms with Crippen molar-refractivity contribution in [2.45, 2.75) is 0 Å².